The molecule has 0 spiro atoms. The van der Waals surface area contributed by atoms with Gasteiger partial charge in [-0.15, -0.1) is 6.58 Å². The van der Waals surface area contributed by atoms with Crippen molar-refractivity contribution in [1.29, 1.82) is 0 Å². The molecule has 1 aromatic rings. The summed E-state index contributed by atoms with van der Waals surface area (Å²) in [6.07, 6.45) is 4.61. The van der Waals surface area contributed by atoms with Crippen molar-refractivity contribution in [1.82, 2.24) is 15.1 Å². The first-order chi connectivity index (χ1) is 10.1. The lowest BCUT2D eigenvalue weighted by Crippen LogP contribution is -2.54. The first-order valence-electron chi connectivity index (χ1n) is 7.07. The third-order valence-corrected chi connectivity index (χ3v) is 3.72. The number of piperazine rings is 1. The van der Waals surface area contributed by atoms with E-state index in [0.717, 1.165) is 0 Å². The van der Waals surface area contributed by atoms with Gasteiger partial charge in [0, 0.05) is 32.7 Å². The Hall–Kier alpha value is -2.08. The lowest BCUT2D eigenvalue weighted by Gasteiger charge is -2.37. The molecular weight excluding hydrogens is 270 g/mol. The van der Waals surface area contributed by atoms with E-state index in [1.807, 2.05) is 6.92 Å². The van der Waals surface area contributed by atoms with Gasteiger partial charge < -0.3 is 14.6 Å². The van der Waals surface area contributed by atoms with Crippen molar-refractivity contribution in [3.8, 4) is 0 Å². The molecule has 1 saturated heterocycles. The summed E-state index contributed by atoms with van der Waals surface area (Å²) in [5.74, 6) is -0.0309. The van der Waals surface area contributed by atoms with E-state index < -0.39 is 0 Å². The molecular formula is C15H21N3O3. The smallest absolute Gasteiger partial charge is 0.257 e. The van der Waals surface area contributed by atoms with Crippen LogP contribution in [-0.4, -0.2) is 60.4 Å². The molecule has 1 aromatic heterocycles. The van der Waals surface area contributed by atoms with Gasteiger partial charge in [-0.3, -0.25) is 14.5 Å². The fraction of sp³-hybridized carbons (Fsp3) is 0.467. The summed E-state index contributed by atoms with van der Waals surface area (Å²) in [5, 5.41) is 2.79. The van der Waals surface area contributed by atoms with Crippen LogP contribution in [0.4, 0.5) is 0 Å². The predicted octanol–water partition coefficient (Wildman–Crippen LogP) is 0.728. The average molecular weight is 291 g/mol. The molecule has 1 N–H and O–H groups in total. The summed E-state index contributed by atoms with van der Waals surface area (Å²) in [5.41, 5.74) is 0.570. The summed E-state index contributed by atoms with van der Waals surface area (Å²) < 4.78 is 4.94. The fourth-order valence-corrected chi connectivity index (χ4v) is 2.37. The number of rotatable bonds is 5. The van der Waals surface area contributed by atoms with E-state index in [-0.39, 0.29) is 17.9 Å². The third-order valence-electron chi connectivity index (χ3n) is 3.72. The van der Waals surface area contributed by atoms with Crippen LogP contribution in [0.5, 0.6) is 0 Å². The van der Waals surface area contributed by atoms with Crippen molar-refractivity contribution in [3.05, 3.63) is 36.8 Å². The molecule has 0 saturated carbocycles. The molecule has 21 heavy (non-hydrogen) atoms. The lowest BCUT2D eigenvalue weighted by molar-refractivity contribution is -0.126. The minimum atomic E-state index is -0.198. The molecule has 114 valence electrons. The third kappa shape index (κ3) is 3.72. The predicted molar refractivity (Wildman–Crippen MR) is 78.9 cm³/mol. The van der Waals surface area contributed by atoms with E-state index >= 15 is 0 Å². The zero-order valence-electron chi connectivity index (χ0n) is 12.2. The molecule has 0 unspecified atom stereocenters. The highest BCUT2D eigenvalue weighted by Gasteiger charge is 2.27. The maximum Gasteiger partial charge on any atom is 0.257 e. The van der Waals surface area contributed by atoms with Gasteiger partial charge in [0.05, 0.1) is 17.9 Å². The van der Waals surface area contributed by atoms with E-state index in [1.54, 1.807) is 17.0 Å². The van der Waals surface area contributed by atoms with Crippen molar-refractivity contribution < 1.29 is 14.0 Å². The molecule has 2 rings (SSSR count). The second-order valence-corrected chi connectivity index (χ2v) is 5.05. The van der Waals surface area contributed by atoms with Gasteiger partial charge in [0.25, 0.3) is 5.91 Å². The minimum absolute atomic E-state index is 0.00971. The van der Waals surface area contributed by atoms with E-state index in [4.69, 9.17) is 4.42 Å². The Morgan fingerprint density at radius 2 is 2.14 bits per heavy atom. The summed E-state index contributed by atoms with van der Waals surface area (Å²) in [6.45, 7) is 8.54. The number of hydrogen-bond acceptors (Lipinski definition) is 4. The minimum Gasteiger partial charge on any atom is -0.472 e. The Labute approximate surface area is 124 Å². The van der Waals surface area contributed by atoms with Crippen LogP contribution in [0.1, 0.15) is 17.3 Å². The van der Waals surface area contributed by atoms with E-state index in [0.29, 0.717) is 38.3 Å². The molecule has 1 atom stereocenters. The highest BCUT2D eigenvalue weighted by atomic mass is 16.3. The fourth-order valence-electron chi connectivity index (χ4n) is 2.37. The van der Waals surface area contributed by atoms with Crippen molar-refractivity contribution in [2.45, 2.75) is 13.0 Å². The average Bonchev–Trinajstić information content (AvgIpc) is 3.05. The number of nitrogens with one attached hydrogen (secondary N) is 1. The topological polar surface area (TPSA) is 65.8 Å². The zero-order chi connectivity index (χ0) is 15.2. The van der Waals surface area contributed by atoms with Gasteiger partial charge in [0.2, 0.25) is 5.91 Å². The Balaban J connectivity index is 1.84. The summed E-state index contributed by atoms with van der Waals surface area (Å²) in [4.78, 5) is 27.9. The molecule has 1 aliphatic heterocycles. The Kier molecular flexibility index (Phi) is 5.16. The normalized spacial score (nSPS) is 17.3. The SMILES string of the molecule is C=CCNC(=O)[C@H](C)N1CCN(C(=O)c2ccoc2)CC1. The zero-order valence-corrected chi connectivity index (χ0v) is 12.2. The van der Waals surface area contributed by atoms with Crippen molar-refractivity contribution in [2.75, 3.05) is 32.7 Å². The maximum absolute atomic E-state index is 12.2. The molecule has 0 aromatic carbocycles. The van der Waals surface area contributed by atoms with Gasteiger partial charge in [-0.2, -0.15) is 0 Å². The molecule has 2 amide bonds. The highest BCUT2D eigenvalue weighted by molar-refractivity contribution is 5.93. The first kappa shape index (κ1) is 15.3. The van der Waals surface area contributed by atoms with Gasteiger partial charge in [-0.1, -0.05) is 6.08 Å². The molecule has 6 nitrogen and oxygen atoms in total. The number of amides is 2. The van der Waals surface area contributed by atoms with Gasteiger partial charge in [-0.05, 0) is 13.0 Å². The van der Waals surface area contributed by atoms with Crippen LogP contribution in [0.2, 0.25) is 0 Å². The molecule has 1 fully saturated rings. The first-order valence-corrected chi connectivity index (χ1v) is 7.07. The van der Waals surface area contributed by atoms with Crippen LogP contribution in [-0.2, 0) is 4.79 Å². The van der Waals surface area contributed by atoms with Gasteiger partial charge in [0.15, 0.2) is 0 Å². The van der Waals surface area contributed by atoms with Gasteiger partial charge >= 0.3 is 0 Å². The second-order valence-electron chi connectivity index (χ2n) is 5.05. The number of carbonyl (C=O) groups is 2. The number of furan rings is 1. The van der Waals surface area contributed by atoms with Crippen LogP contribution in [0.15, 0.2) is 35.7 Å². The molecule has 2 heterocycles. The monoisotopic (exact) mass is 291 g/mol. The summed E-state index contributed by atoms with van der Waals surface area (Å²) in [7, 11) is 0. The Morgan fingerprint density at radius 3 is 2.71 bits per heavy atom. The van der Waals surface area contributed by atoms with Crippen LogP contribution in [0.3, 0.4) is 0 Å². The van der Waals surface area contributed by atoms with Crippen LogP contribution >= 0.6 is 0 Å². The molecule has 0 aliphatic carbocycles. The molecule has 0 radical (unpaired) electrons. The summed E-state index contributed by atoms with van der Waals surface area (Å²) >= 11 is 0. The summed E-state index contributed by atoms with van der Waals surface area (Å²) in [6, 6.07) is 1.47. The number of hydrogen-bond donors (Lipinski definition) is 1. The van der Waals surface area contributed by atoms with Gasteiger partial charge in [-0.25, -0.2) is 0 Å². The molecule has 1 aliphatic rings. The Bertz CT molecular complexity index is 490. The number of nitrogens with zero attached hydrogens (tertiary/aromatic N) is 2. The quantitative estimate of drug-likeness (QED) is 0.812. The highest BCUT2D eigenvalue weighted by Crippen LogP contribution is 2.11. The molecule has 0 bridgehead atoms. The van der Waals surface area contributed by atoms with Crippen LogP contribution < -0.4 is 5.32 Å². The largest absolute Gasteiger partial charge is 0.472 e. The van der Waals surface area contributed by atoms with Gasteiger partial charge in [0.1, 0.15) is 6.26 Å². The van der Waals surface area contributed by atoms with E-state index in [9.17, 15) is 9.59 Å². The number of carbonyl (C=O) groups excluding carboxylic acids is 2. The second kappa shape index (κ2) is 7.08. The van der Waals surface area contributed by atoms with E-state index in [2.05, 4.69) is 16.8 Å². The van der Waals surface area contributed by atoms with Crippen molar-refractivity contribution >= 4 is 11.8 Å². The molecule has 6 heteroatoms. The van der Waals surface area contributed by atoms with E-state index in [1.165, 1.54) is 12.5 Å². The standard InChI is InChI=1S/C15H21N3O3/c1-3-5-16-14(19)12(2)17-6-8-18(9-7-17)15(20)13-4-10-21-11-13/h3-4,10-12H,1,5-9H2,2H3,(H,16,19)/t12-/m0/s1. The van der Waals surface area contributed by atoms with Crippen molar-refractivity contribution in [2.24, 2.45) is 0 Å². The van der Waals surface area contributed by atoms with Crippen molar-refractivity contribution in [3.63, 3.8) is 0 Å². The maximum atomic E-state index is 12.2. The lowest BCUT2D eigenvalue weighted by atomic mass is 10.2. The van der Waals surface area contributed by atoms with Crippen LogP contribution in [0, 0.1) is 0 Å². The van der Waals surface area contributed by atoms with Crippen LogP contribution in [0.25, 0.3) is 0 Å². The Morgan fingerprint density at radius 1 is 1.43 bits per heavy atom.